The molecule has 1 aromatic carbocycles. The van der Waals surface area contributed by atoms with Gasteiger partial charge in [-0.2, -0.15) is 0 Å². The van der Waals surface area contributed by atoms with E-state index >= 15 is 0 Å². The lowest BCUT2D eigenvalue weighted by Crippen LogP contribution is -2.44. The third-order valence-electron chi connectivity index (χ3n) is 3.73. The lowest BCUT2D eigenvalue weighted by Gasteiger charge is -2.31. The molecular formula is C18H26N2O3. The summed E-state index contributed by atoms with van der Waals surface area (Å²) in [4.78, 5) is 27.7. The fraction of sp³-hybridized carbons (Fsp3) is 0.556. The predicted molar refractivity (Wildman–Crippen MR) is 90.7 cm³/mol. The van der Waals surface area contributed by atoms with Crippen molar-refractivity contribution in [3.63, 3.8) is 0 Å². The van der Waals surface area contributed by atoms with Crippen molar-refractivity contribution in [1.82, 2.24) is 4.90 Å². The summed E-state index contributed by atoms with van der Waals surface area (Å²) in [5.41, 5.74) is 2.79. The number of amides is 2. The number of rotatable bonds is 2. The maximum absolute atomic E-state index is 12.6. The van der Waals surface area contributed by atoms with Crippen molar-refractivity contribution in [2.75, 3.05) is 25.0 Å². The fourth-order valence-electron chi connectivity index (χ4n) is 2.68. The molecule has 0 unspecified atom stereocenters. The van der Waals surface area contributed by atoms with Gasteiger partial charge in [0.05, 0.1) is 0 Å². The summed E-state index contributed by atoms with van der Waals surface area (Å²) in [7, 11) is 1.59. The van der Waals surface area contributed by atoms with E-state index in [0.717, 1.165) is 18.5 Å². The molecule has 0 aromatic heterocycles. The second-order valence-electron chi connectivity index (χ2n) is 7.12. The number of ether oxygens (including phenoxy) is 1. The fourth-order valence-corrected chi connectivity index (χ4v) is 2.68. The van der Waals surface area contributed by atoms with E-state index in [1.54, 1.807) is 11.9 Å². The number of aryl methyl sites for hydroxylation is 2. The number of anilines is 1. The molecule has 0 bridgehead atoms. The van der Waals surface area contributed by atoms with Crippen molar-refractivity contribution >= 4 is 17.7 Å². The molecule has 5 heteroatoms. The number of nitrogens with zero attached hydrogens (tertiary/aromatic N) is 2. The number of carbonyl (C=O) groups is 2. The van der Waals surface area contributed by atoms with Crippen LogP contribution in [0.5, 0.6) is 0 Å². The minimum Gasteiger partial charge on any atom is -0.444 e. The lowest BCUT2D eigenvalue weighted by atomic mass is 9.99. The highest BCUT2D eigenvalue weighted by Crippen LogP contribution is 2.28. The highest BCUT2D eigenvalue weighted by Gasteiger charge is 2.26. The van der Waals surface area contributed by atoms with Crippen molar-refractivity contribution in [1.29, 1.82) is 0 Å². The first-order valence-electron chi connectivity index (χ1n) is 8.01. The van der Waals surface area contributed by atoms with Gasteiger partial charge in [-0.3, -0.25) is 4.79 Å². The Kier molecular flexibility index (Phi) is 4.97. The summed E-state index contributed by atoms with van der Waals surface area (Å²) in [5.74, 6) is -0.0804. The van der Waals surface area contributed by atoms with Gasteiger partial charge in [-0.05, 0) is 52.2 Å². The highest BCUT2D eigenvalue weighted by molar-refractivity contribution is 5.97. The molecule has 0 aliphatic carbocycles. The van der Waals surface area contributed by atoms with E-state index in [2.05, 4.69) is 13.0 Å². The second-order valence-corrected chi connectivity index (χ2v) is 7.12. The van der Waals surface area contributed by atoms with Gasteiger partial charge in [-0.15, -0.1) is 0 Å². The van der Waals surface area contributed by atoms with Gasteiger partial charge in [-0.1, -0.05) is 17.7 Å². The first kappa shape index (κ1) is 17.3. The zero-order valence-corrected chi connectivity index (χ0v) is 14.7. The zero-order valence-electron chi connectivity index (χ0n) is 14.7. The smallest absolute Gasteiger partial charge is 0.410 e. The van der Waals surface area contributed by atoms with Gasteiger partial charge in [0.2, 0.25) is 5.91 Å². The standard InChI is InChI=1S/C18H26N2O3/c1-13-8-9-15-14(11-13)7-6-10-20(15)16(21)12-19(5)17(22)23-18(2,3)4/h8-9,11H,6-7,10,12H2,1-5H3. The monoisotopic (exact) mass is 318 g/mol. The average Bonchev–Trinajstić information content (AvgIpc) is 2.44. The van der Waals surface area contributed by atoms with E-state index in [-0.39, 0.29) is 12.5 Å². The first-order valence-corrected chi connectivity index (χ1v) is 8.01. The van der Waals surface area contributed by atoms with Gasteiger partial charge in [0.15, 0.2) is 0 Å². The number of benzene rings is 1. The summed E-state index contributed by atoms with van der Waals surface area (Å²) in [6.07, 6.45) is 1.45. The molecule has 0 radical (unpaired) electrons. The SMILES string of the molecule is Cc1ccc2c(c1)CCCN2C(=O)CN(C)C(=O)OC(C)(C)C. The summed E-state index contributed by atoms with van der Waals surface area (Å²) in [6.45, 7) is 8.19. The van der Waals surface area contributed by atoms with Crippen LogP contribution in [0.1, 0.15) is 38.3 Å². The van der Waals surface area contributed by atoms with Gasteiger partial charge in [0.25, 0.3) is 0 Å². The van der Waals surface area contributed by atoms with E-state index in [9.17, 15) is 9.59 Å². The quantitative estimate of drug-likeness (QED) is 0.842. The highest BCUT2D eigenvalue weighted by atomic mass is 16.6. The summed E-state index contributed by atoms with van der Waals surface area (Å²) >= 11 is 0. The van der Waals surface area contributed by atoms with Crippen LogP contribution < -0.4 is 4.90 Å². The van der Waals surface area contributed by atoms with Crippen molar-refractivity contribution in [2.24, 2.45) is 0 Å². The third-order valence-corrected chi connectivity index (χ3v) is 3.73. The molecular weight excluding hydrogens is 292 g/mol. The Morgan fingerprint density at radius 1 is 1.30 bits per heavy atom. The summed E-state index contributed by atoms with van der Waals surface area (Å²) < 4.78 is 5.29. The Balaban J connectivity index is 2.06. The molecule has 1 aliphatic rings. The van der Waals surface area contributed by atoms with Crippen LogP contribution >= 0.6 is 0 Å². The number of carbonyl (C=O) groups excluding carboxylic acids is 2. The molecule has 126 valence electrons. The van der Waals surface area contributed by atoms with Crippen LogP contribution in [0.2, 0.25) is 0 Å². The Hall–Kier alpha value is -2.04. The van der Waals surface area contributed by atoms with Crippen LogP contribution in [0.3, 0.4) is 0 Å². The molecule has 1 aromatic rings. The maximum Gasteiger partial charge on any atom is 0.410 e. The van der Waals surface area contributed by atoms with E-state index in [1.807, 2.05) is 32.9 Å². The van der Waals surface area contributed by atoms with Crippen LogP contribution in [0, 0.1) is 6.92 Å². The minimum atomic E-state index is -0.566. The van der Waals surface area contributed by atoms with Gasteiger partial charge in [0, 0.05) is 19.3 Å². The molecule has 0 spiro atoms. The Morgan fingerprint density at radius 2 is 2.00 bits per heavy atom. The zero-order chi connectivity index (χ0) is 17.2. The normalized spacial score (nSPS) is 14.2. The molecule has 0 fully saturated rings. The molecule has 0 atom stereocenters. The molecule has 2 rings (SSSR count). The van der Waals surface area contributed by atoms with E-state index in [4.69, 9.17) is 4.74 Å². The maximum atomic E-state index is 12.6. The largest absolute Gasteiger partial charge is 0.444 e. The Morgan fingerprint density at radius 3 is 2.65 bits per heavy atom. The molecule has 5 nitrogen and oxygen atoms in total. The summed E-state index contributed by atoms with van der Waals surface area (Å²) in [5, 5.41) is 0. The van der Waals surface area contributed by atoms with Crippen molar-refractivity contribution < 1.29 is 14.3 Å². The van der Waals surface area contributed by atoms with Crippen LogP contribution in [-0.4, -0.2) is 42.6 Å². The van der Waals surface area contributed by atoms with Crippen LogP contribution in [0.15, 0.2) is 18.2 Å². The Bertz CT molecular complexity index is 605. The number of hydrogen-bond acceptors (Lipinski definition) is 3. The first-order chi connectivity index (χ1) is 10.7. The number of likely N-dealkylation sites (N-methyl/N-ethyl adjacent to an activating group) is 1. The van der Waals surface area contributed by atoms with Crippen molar-refractivity contribution in [3.05, 3.63) is 29.3 Å². The summed E-state index contributed by atoms with van der Waals surface area (Å²) in [6, 6.07) is 6.14. The van der Waals surface area contributed by atoms with Gasteiger partial charge in [0.1, 0.15) is 12.1 Å². The molecule has 1 aliphatic heterocycles. The Labute approximate surface area is 138 Å². The topological polar surface area (TPSA) is 49.9 Å². The average molecular weight is 318 g/mol. The van der Waals surface area contributed by atoms with Crippen LogP contribution in [0.25, 0.3) is 0 Å². The molecule has 23 heavy (non-hydrogen) atoms. The lowest BCUT2D eigenvalue weighted by molar-refractivity contribution is -0.119. The van der Waals surface area contributed by atoms with Crippen LogP contribution in [0.4, 0.5) is 10.5 Å². The minimum absolute atomic E-state index is 0.0161. The van der Waals surface area contributed by atoms with Gasteiger partial charge in [-0.25, -0.2) is 4.79 Å². The second kappa shape index (κ2) is 6.60. The van der Waals surface area contributed by atoms with E-state index < -0.39 is 11.7 Å². The molecule has 2 amide bonds. The van der Waals surface area contributed by atoms with E-state index in [1.165, 1.54) is 16.0 Å². The molecule has 1 heterocycles. The number of hydrogen-bond donors (Lipinski definition) is 0. The molecule has 0 N–H and O–H groups in total. The number of fused-ring (bicyclic) bond motifs is 1. The van der Waals surface area contributed by atoms with Gasteiger partial charge >= 0.3 is 6.09 Å². The van der Waals surface area contributed by atoms with Crippen molar-refractivity contribution in [2.45, 2.75) is 46.1 Å². The third kappa shape index (κ3) is 4.47. The van der Waals surface area contributed by atoms with E-state index in [0.29, 0.717) is 6.54 Å². The van der Waals surface area contributed by atoms with Gasteiger partial charge < -0.3 is 14.5 Å². The van der Waals surface area contributed by atoms with Crippen LogP contribution in [-0.2, 0) is 16.0 Å². The molecule has 0 saturated carbocycles. The van der Waals surface area contributed by atoms with Crippen molar-refractivity contribution in [3.8, 4) is 0 Å². The molecule has 0 saturated heterocycles. The predicted octanol–water partition coefficient (Wildman–Crippen LogP) is 3.14.